The highest BCUT2D eigenvalue weighted by molar-refractivity contribution is 7.99. The third-order valence-electron chi connectivity index (χ3n) is 2.59. The fraction of sp³-hybridized carbons (Fsp3) is 0.462. The third-order valence-corrected chi connectivity index (χ3v) is 3.41. The summed E-state index contributed by atoms with van der Waals surface area (Å²) < 4.78 is 10.6. The molecule has 1 amide bonds. The number of carbonyl (C=O) groups excluding carboxylic acids is 1. The molecule has 0 fully saturated rings. The van der Waals surface area contributed by atoms with Gasteiger partial charge < -0.3 is 14.2 Å². The first-order chi connectivity index (χ1) is 9.69. The van der Waals surface area contributed by atoms with Crippen LogP contribution in [0.4, 0.5) is 0 Å². The molecule has 2 rings (SSSR count). The van der Waals surface area contributed by atoms with Crippen LogP contribution in [0, 0.1) is 0 Å². The molecular weight excluding hydrogens is 278 g/mol. The molecule has 0 aromatic carbocycles. The Kier molecular flexibility index (Phi) is 5.23. The maximum atomic E-state index is 11.7. The number of amides is 1. The Balaban J connectivity index is 1.81. The van der Waals surface area contributed by atoms with Crippen LogP contribution in [0.15, 0.2) is 32.5 Å². The average molecular weight is 295 g/mol. The molecule has 1 N–H and O–H groups in total. The molecule has 1 atom stereocenters. The predicted molar refractivity (Wildman–Crippen MR) is 75.2 cm³/mol. The highest BCUT2D eigenvalue weighted by Gasteiger charge is 2.13. The number of hydrogen-bond acceptors (Lipinski definition) is 6. The zero-order valence-electron chi connectivity index (χ0n) is 11.5. The minimum absolute atomic E-state index is 0.0336. The minimum Gasteiger partial charge on any atom is -0.459 e. The lowest BCUT2D eigenvalue weighted by Gasteiger charge is -2.11. The van der Waals surface area contributed by atoms with Crippen LogP contribution < -0.4 is 5.32 Å². The van der Waals surface area contributed by atoms with Crippen LogP contribution in [0.25, 0.3) is 11.7 Å². The van der Waals surface area contributed by atoms with E-state index < -0.39 is 0 Å². The van der Waals surface area contributed by atoms with Gasteiger partial charge in [-0.25, -0.2) is 0 Å². The largest absolute Gasteiger partial charge is 0.459 e. The van der Waals surface area contributed by atoms with Crippen LogP contribution in [0.2, 0.25) is 0 Å². The molecule has 2 heterocycles. The summed E-state index contributed by atoms with van der Waals surface area (Å²) >= 11 is 1.21. The van der Waals surface area contributed by atoms with E-state index in [1.807, 2.05) is 6.92 Å². The summed E-state index contributed by atoms with van der Waals surface area (Å²) in [6, 6.07) is 3.67. The van der Waals surface area contributed by atoms with Gasteiger partial charge in [-0.2, -0.15) is 0 Å². The van der Waals surface area contributed by atoms with Gasteiger partial charge in [0.1, 0.15) is 0 Å². The van der Waals surface area contributed by atoms with E-state index in [-0.39, 0.29) is 17.7 Å². The maximum Gasteiger partial charge on any atom is 0.284 e. The smallest absolute Gasteiger partial charge is 0.284 e. The van der Waals surface area contributed by atoms with E-state index in [1.54, 1.807) is 12.1 Å². The molecule has 108 valence electrons. The van der Waals surface area contributed by atoms with E-state index in [1.165, 1.54) is 18.0 Å². The summed E-state index contributed by atoms with van der Waals surface area (Å²) in [5, 5.41) is 11.0. The van der Waals surface area contributed by atoms with E-state index in [2.05, 4.69) is 22.4 Å². The van der Waals surface area contributed by atoms with Crippen molar-refractivity contribution in [3.63, 3.8) is 0 Å². The monoisotopic (exact) mass is 295 g/mol. The van der Waals surface area contributed by atoms with Gasteiger partial charge >= 0.3 is 0 Å². The van der Waals surface area contributed by atoms with Crippen molar-refractivity contribution in [2.45, 2.75) is 38.0 Å². The second-order valence-corrected chi connectivity index (χ2v) is 5.32. The van der Waals surface area contributed by atoms with Crippen molar-refractivity contribution in [2.24, 2.45) is 0 Å². The predicted octanol–water partition coefficient (Wildman–Crippen LogP) is 2.73. The van der Waals surface area contributed by atoms with E-state index in [0.717, 1.165) is 12.8 Å². The lowest BCUT2D eigenvalue weighted by atomic mass is 10.2. The number of thioether (sulfide) groups is 1. The Morgan fingerprint density at radius 1 is 1.50 bits per heavy atom. The van der Waals surface area contributed by atoms with Gasteiger partial charge in [0.2, 0.25) is 5.91 Å². The van der Waals surface area contributed by atoms with Gasteiger partial charge in [-0.3, -0.25) is 4.79 Å². The summed E-state index contributed by atoms with van der Waals surface area (Å²) in [5.41, 5.74) is 0. The van der Waals surface area contributed by atoms with Gasteiger partial charge in [0, 0.05) is 6.04 Å². The number of rotatable bonds is 7. The van der Waals surface area contributed by atoms with E-state index in [0.29, 0.717) is 16.9 Å². The number of hydrogen-bond donors (Lipinski definition) is 1. The Bertz CT molecular complexity index is 539. The molecule has 0 saturated heterocycles. The van der Waals surface area contributed by atoms with E-state index >= 15 is 0 Å². The van der Waals surface area contributed by atoms with Gasteiger partial charge in [0.15, 0.2) is 5.76 Å². The van der Waals surface area contributed by atoms with Crippen LogP contribution in [0.5, 0.6) is 0 Å². The SMILES string of the molecule is CCC[C@@H](C)NC(=O)CSc1nnc(-c2ccco2)o1. The van der Waals surface area contributed by atoms with Gasteiger partial charge in [0.05, 0.1) is 12.0 Å². The fourth-order valence-electron chi connectivity index (χ4n) is 1.72. The van der Waals surface area contributed by atoms with Crippen LogP contribution in [-0.4, -0.2) is 27.9 Å². The highest BCUT2D eigenvalue weighted by Crippen LogP contribution is 2.23. The topological polar surface area (TPSA) is 81.2 Å². The first-order valence-corrected chi connectivity index (χ1v) is 7.47. The van der Waals surface area contributed by atoms with Gasteiger partial charge in [-0.05, 0) is 25.5 Å². The van der Waals surface area contributed by atoms with Gasteiger partial charge in [-0.1, -0.05) is 25.1 Å². The minimum atomic E-state index is -0.0336. The summed E-state index contributed by atoms with van der Waals surface area (Å²) in [7, 11) is 0. The molecule has 20 heavy (non-hydrogen) atoms. The number of nitrogens with one attached hydrogen (secondary N) is 1. The molecule has 6 nitrogen and oxygen atoms in total. The van der Waals surface area contributed by atoms with Crippen LogP contribution in [0.3, 0.4) is 0 Å². The molecule has 0 aliphatic rings. The van der Waals surface area contributed by atoms with Crippen LogP contribution in [-0.2, 0) is 4.79 Å². The van der Waals surface area contributed by atoms with E-state index in [9.17, 15) is 4.79 Å². The second-order valence-electron chi connectivity index (χ2n) is 4.40. The van der Waals surface area contributed by atoms with Gasteiger partial charge in [-0.15, -0.1) is 10.2 Å². The average Bonchev–Trinajstić information content (AvgIpc) is 3.07. The van der Waals surface area contributed by atoms with E-state index in [4.69, 9.17) is 8.83 Å². The number of furan rings is 1. The molecule has 2 aromatic heterocycles. The maximum absolute atomic E-state index is 11.7. The first kappa shape index (κ1) is 14.6. The summed E-state index contributed by atoms with van der Waals surface area (Å²) in [6.07, 6.45) is 3.55. The molecule has 0 bridgehead atoms. The summed E-state index contributed by atoms with van der Waals surface area (Å²) in [6.45, 7) is 4.08. The Morgan fingerprint density at radius 3 is 3.05 bits per heavy atom. The molecule has 0 unspecified atom stereocenters. The fourth-order valence-corrected chi connectivity index (χ4v) is 2.29. The third kappa shape index (κ3) is 4.12. The number of carbonyl (C=O) groups is 1. The Morgan fingerprint density at radius 2 is 2.35 bits per heavy atom. The summed E-state index contributed by atoms with van der Waals surface area (Å²) in [4.78, 5) is 11.7. The van der Waals surface area contributed by atoms with Crippen molar-refractivity contribution in [3.8, 4) is 11.7 Å². The molecule has 0 aliphatic carbocycles. The summed E-state index contributed by atoms with van der Waals surface area (Å²) in [5.74, 6) is 1.06. The zero-order valence-corrected chi connectivity index (χ0v) is 12.3. The quantitative estimate of drug-likeness (QED) is 0.791. The first-order valence-electron chi connectivity index (χ1n) is 6.48. The molecule has 0 saturated carbocycles. The second kappa shape index (κ2) is 7.14. The molecule has 0 radical (unpaired) electrons. The van der Waals surface area contributed by atoms with Crippen molar-refractivity contribution in [1.82, 2.24) is 15.5 Å². The van der Waals surface area contributed by atoms with Crippen molar-refractivity contribution >= 4 is 17.7 Å². The Labute approximate surface area is 121 Å². The molecule has 7 heteroatoms. The number of nitrogens with zero attached hydrogens (tertiary/aromatic N) is 2. The molecular formula is C13H17N3O3S. The van der Waals surface area contributed by atoms with Gasteiger partial charge in [0.25, 0.3) is 11.1 Å². The standard InChI is InChI=1S/C13H17N3O3S/c1-3-5-9(2)14-11(17)8-20-13-16-15-12(19-13)10-6-4-7-18-10/h4,6-7,9H,3,5,8H2,1-2H3,(H,14,17)/t9-/m1/s1. The van der Waals surface area contributed by atoms with Crippen molar-refractivity contribution in [2.75, 3.05) is 5.75 Å². The van der Waals surface area contributed by atoms with Crippen LogP contribution >= 0.6 is 11.8 Å². The van der Waals surface area contributed by atoms with Crippen LogP contribution in [0.1, 0.15) is 26.7 Å². The molecule has 0 spiro atoms. The Hall–Kier alpha value is -1.76. The zero-order chi connectivity index (χ0) is 14.4. The van der Waals surface area contributed by atoms with Crippen molar-refractivity contribution in [3.05, 3.63) is 18.4 Å². The lowest BCUT2D eigenvalue weighted by molar-refractivity contribution is -0.119. The number of aromatic nitrogens is 2. The highest BCUT2D eigenvalue weighted by atomic mass is 32.2. The van der Waals surface area contributed by atoms with Crippen molar-refractivity contribution in [1.29, 1.82) is 0 Å². The molecule has 0 aliphatic heterocycles. The molecule has 2 aromatic rings. The normalized spacial score (nSPS) is 12.3. The lowest BCUT2D eigenvalue weighted by Crippen LogP contribution is -2.33. The van der Waals surface area contributed by atoms with Crippen molar-refractivity contribution < 1.29 is 13.6 Å².